The molecule has 0 aliphatic heterocycles. The van der Waals surface area contributed by atoms with Gasteiger partial charge in [-0.2, -0.15) is 0 Å². The van der Waals surface area contributed by atoms with E-state index >= 15 is 0 Å². The molecule has 20 heavy (non-hydrogen) atoms. The summed E-state index contributed by atoms with van der Waals surface area (Å²) in [5, 5.41) is 3.52. The van der Waals surface area contributed by atoms with E-state index in [0.717, 1.165) is 25.3 Å². The summed E-state index contributed by atoms with van der Waals surface area (Å²) in [7, 11) is 1.74. The lowest BCUT2D eigenvalue weighted by atomic mass is 10.1. The smallest absolute Gasteiger partial charge is 0.0503 e. The Balaban J connectivity index is 1.79. The highest BCUT2D eigenvalue weighted by atomic mass is 32.2. The number of hydrogen-bond donors (Lipinski definition) is 1. The molecule has 0 aromatic heterocycles. The van der Waals surface area contributed by atoms with E-state index in [4.69, 9.17) is 4.74 Å². The normalized spacial score (nSPS) is 10.4. The van der Waals surface area contributed by atoms with Gasteiger partial charge in [-0.1, -0.05) is 36.4 Å². The van der Waals surface area contributed by atoms with Gasteiger partial charge in [-0.15, -0.1) is 11.8 Å². The van der Waals surface area contributed by atoms with Gasteiger partial charge in [-0.25, -0.2) is 0 Å². The second kappa shape index (κ2) is 8.67. The third kappa shape index (κ3) is 4.91. The number of benzene rings is 2. The fourth-order valence-electron chi connectivity index (χ4n) is 1.99. The molecule has 0 aliphatic carbocycles. The van der Waals surface area contributed by atoms with E-state index in [0.29, 0.717) is 0 Å². The molecule has 0 atom stereocenters. The van der Waals surface area contributed by atoms with E-state index in [2.05, 4.69) is 53.8 Å². The Morgan fingerprint density at radius 3 is 2.55 bits per heavy atom. The number of anilines is 1. The third-order valence-electron chi connectivity index (χ3n) is 3.02. The molecule has 0 saturated heterocycles. The second-order valence-corrected chi connectivity index (χ2v) is 5.66. The van der Waals surface area contributed by atoms with Crippen molar-refractivity contribution < 1.29 is 4.74 Å². The van der Waals surface area contributed by atoms with Crippen molar-refractivity contribution >= 4 is 17.4 Å². The summed E-state index contributed by atoms with van der Waals surface area (Å²) in [5.41, 5.74) is 2.54. The maximum atomic E-state index is 5.15. The summed E-state index contributed by atoms with van der Waals surface area (Å²) in [5.74, 6) is 1.06. The third-order valence-corrected chi connectivity index (χ3v) is 4.04. The van der Waals surface area contributed by atoms with Crippen molar-refractivity contribution in [2.24, 2.45) is 0 Å². The van der Waals surface area contributed by atoms with Crippen LogP contribution in [0.25, 0.3) is 0 Å². The largest absolute Gasteiger partial charge is 0.384 e. The highest BCUT2D eigenvalue weighted by Crippen LogP contribution is 2.18. The van der Waals surface area contributed by atoms with Gasteiger partial charge >= 0.3 is 0 Å². The number of thioether (sulfide) groups is 1. The van der Waals surface area contributed by atoms with Crippen LogP contribution < -0.4 is 5.32 Å². The first-order valence-corrected chi connectivity index (χ1v) is 7.87. The monoisotopic (exact) mass is 287 g/mol. The van der Waals surface area contributed by atoms with Crippen LogP contribution in [0.4, 0.5) is 5.69 Å². The molecule has 3 heteroatoms. The summed E-state index contributed by atoms with van der Waals surface area (Å²) in [4.78, 5) is 1.32. The van der Waals surface area contributed by atoms with Gasteiger partial charge in [0.15, 0.2) is 0 Å². The molecule has 1 N–H and O–H groups in total. The zero-order valence-corrected chi connectivity index (χ0v) is 12.7. The molecule has 0 bridgehead atoms. The Morgan fingerprint density at radius 1 is 1.00 bits per heavy atom. The summed E-state index contributed by atoms with van der Waals surface area (Å²) in [6.07, 6.45) is 0.950. The summed E-state index contributed by atoms with van der Waals surface area (Å²) < 4.78 is 5.15. The predicted octanol–water partition coefficient (Wildman–Crippen LogP) is 4.08. The number of para-hydroxylation sites is 1. The Hall–Kier alpha value is -1.45. The van der Waals surface area contributed by atoms with Gasteiger partial charge in [0.1, 0.15) is 0 Å². The highest BCUT2D eigenvalue weighted by molar-refractivity contribution is 7.99. The van der Waals surface area contributed by atoms with Gasteiger partial charge in [0, 0.05) is 30.0 Å². The SMILES string of the molecule is COCCc1ccccc1NCCSc1ccccc1. The van der Waals surface area contributed by atoms with Crippen LogP contribution in [0.2, 0.25) is 0 Å². The van der Waals surface area contributed by atoms with Crippen LogP contribution in [0.5, 0.6) is 0 Å². The lowest BCUT2D eigenvalue weighted by Crippen LogP contribution is -2.07. The van der Waals surface area contributed by atoms with E-state index in [9.17, 15) is 0 Å². The molecule has 0 radical (unpaired) electrons. The highest BCUT2D eigenvalue weighted by Gasteiger charge is 2.01. The number of ether oxygens (including phenoxy) is 1. The first kappa shape index (κ1) is 14.9. The fourth-order valence-corrected chi connectivity index (χ4v) is 2.78. The summed E-state index contributed by atoms with van der Waals surface area (Å²) in [6.45, 7) is 1.72. The molecule has 0 saturated carbocycles. The Labute approximate surface area is 125 Å². The fraction of sp³-hybridized carbons (Fsp3) is 0.294. The molecule has 0 heterocycles. The molecule has 0 spiro atoms. The Morgan fingerprint density at radius 2 is 1.75 bits per heavy atom. The first-order valence-electron chi connectivity index (χ1n) is 6.88. The molecule has 0 unspecified atom stereocenters. The molecular formula is C17H21NOS. The number of hydrogen-bond acceptors (Lipinski definition) is 3. The van der Waals surface area contributed by atoms with Crippen LogP contribution in [-0.2, 0) is 11.2 Å². The number of methoxy groups -OCH3 is 1. The molecule has 106 valence electrons. The van der Waals surface area contributed by atoms with Crippen LogP contribution in [0.1, 0.15) is 5.56 Å². The minimum atomic E-state index is 0.761. The second-order valence-electron chi connectivity index (χ2n) is 4.49. The molecule has 2 aromatic carbocycles. The molecule has 2 rings (SSSR count). The van der Waals surface area contributed by atoms with Gasteiger partial charge in [-0.3, -0.25) is 0 Å². The Kier molecular flexibility index (Phi) is 6.48. The van der Waals surface area contributed by atoms with Gasteiger partial charge in [0.25, 0.3) is 0 Å². The van der Waals surface area contributed by atoms with Crippen LogP contribution >= 0.6 is 11.8 Å². The van der Waals surface area contributed by atoms with Crippen LogP contribution in [-0.4, -0.2) is 26.0 Å². The first-order chi connectivity index (χ1) is 9.90. The standard InChI is InChI=1S/C17H21NOS/c1-19-13-11-15-7-5-6-10-17(15)18-12-14-20-16-8-3-2-4-9-16/h2-10,18H,11-14H2,1H3. The quantitative estimate of drug-likeness (QED) is 0.584. The number of rotatable bonds is 8. The van der Waals surface area contributed by atoms with Gasteiger partial charge < -0.3 is 10.1 Å². The molecule has 0 aliphatic rings. The average Bonchev–Trinajstić information content (AvgIpc) is 2.51. The van der Waals surface area contributed by atoms with Crippen LogP contribution in [0.3, 0.4) is 0 Å². The summed E-state index contributed by atoms with van der Waals surface area (Å²) >= 11 is 1.88. The number of nitrogens with one attached hydrogen (secondary N) is 1. The van der Waals surface area contributed by atoms with Crippen molar-refractivity contribution in [2.75, 3.05) is 31.3 Å². The predicted molar refractivity (Wildman–Crippen MR) is 87.7 cm³/mol. The average molecular weight is 287 g/mol. The minimum absolute atomic E-state index is 0.761. The molecular weight excluding hydrogens is 266 g/mol. The van der Waals surface area contributed by atoms with Gasteiger partial charge in [0.05, 0.1) is 6.61 Å². The molecule has 0 amide bonds. The van der Waals surface area contributed by atoms with E-state index in [-0.39, 0.29) is 0 Å². The minimum Gasteiger partial charge on any atom is -0.384 e. The van der Waals surface area contributed by atoms with Crippen molar-refractivity contribution in [3.05, 3.63) is 60.2 Å². The lowest BCUT2D eigenvalue weighted by Gasteiger charge is -2.11. The lowest BCUT2D eigenvalue weighted by molar-refractivity contribution is 0.202. The van der Waals surface area contributed by atoms with Crippen molar-refractivity contribution in [3.8, 4) is 0 Å². The van der Waals surface area contributed by atoms with Crippen molar-refractivity contribution in [2.45, 2.75) is 11.3 Å². The maximum absolute atomic E-state index is 5.15. The van der Waals surface area contributed by atoms with Crippen molar-refractivity contribution in [3.63, 3.8) is 0 Å². The maximum Gasteiger partial charge on any atom is 0.0503 e. The van der Waals surface area contributed by atoms with Crippen molar-refractivity contribution in [1.29, 1.82) is 0 Å². The van der Waals surface area contributed by atoms with E-state index in [1.165, 1.54) is 16.1 Å². The summed E-state index contributed by atoms with van der Waals surface area (Å²) in [6, 6.07) is 19.0. The Bertz CT molecular complexity index is 501. The van der Waals surface area contributed by atoms with Gasteiger partial charge in [-0.05, 0) is 30.2 Å². The zero-order valence-electron chi connectivity index (χ0n) is 11.8. The van der Waals surface area contributed by atoms with Crippen LogP contribution in [0.15, 0.2) is 59.5 Å². The van der Waals surface area contributed by atoms with Crippen LogP contribution in [0, 0.1) is 0 Å². The van der Waals surface area contributed by atoms with E-state index < -0.39 is 0 Å². The topological polar surface area (TPSA) is 21.3 Å². The zero-order chi connectivity index (χ0) is 14.0. The molecule has 2 nitrogen and oxygen atoms in total. The van der Waals surface area contributed by atoms with E-state index in [1.54, 1.807) is 7.11 Å². The van der Waals surface area contributed by atoms with Gasteiger partial charge in [0.2, 0.25) is 0 Å². The van der Waals surface area contributed by atoms with Crippen molar-refractivity contribution in [1.82, 2.24) is 0 Å². The molecule has 2 aromatic rings. The van der Waals surface area contributed by atoms with E-state index in [1.807, 2.05) is 17.8 Å². The molecule has 0 fully saturated rings.